The van der Waals surface area contributed by atoms with Crippen molar-refractivity contribution in [2.24, 2.45) is 0 Å². The van der Waals surface area contributed by atoms with E-state index in [4.69, 9.17) is 0 Å². The van der Waals surface area contributed by atoms with Crippen LogP contribution in [0.3, 0.4) is 0 Å². The van der Waals surface area contributed by atoms with E-state index in [9.17, 15) is 9.50 Å². The molecular weight excluding hydrogens is 329 g/mol. The largest absolute Gasteiger partial charge is 0.507 e. The average molecular weight is 343 g/mol. The minimum Gasteiger partial charge on any atom is -0.507 e. The van der Waals surface area contributed by atoms with Gasteiger partial charge in [0.1, 0.15) is 11.6 Å². The van der Waals surface area contributed by atoms with Crippen molar-refractivity contribution in [2.45, 2.75) is 0 Å². The lowest BCUT2D eigenvalue weighted by Crippen LogP contribution is -2.00. The van der Waals surface area contributed by atoms with Crippen LogP contribution in [0.2, 0.25) is 0 Å². The Morgan fingerprint density at radius 2 is 1.12 bits per heavy atom. The molecule has 0 saturated carbocycles. The van der Waals surface area contributed by atoms with Crippen molar-refractivity contribution in [1.29, 1.82) is 0 Å². The molecule has 0 aliphatic heterocycles. The van der Waals surface area contributed by atoms with Crippen LogP contribution in [0.5, 0.6) is 5.75 Å². The topological polar surface area (TPSA) is 58.9 Å². The predicted molar refractivity (Wildman–Crippen MR) is 97.8 cm³/mol. The second kappa shape index (κ2) is 6.72. The molecule has 5 heteroatoms. The molecule has 0 atom stereocenters. The Hall–Kier alpha value is -3.60. The van der Waals surface area contributed by atoms with Crippen LogP contribution in [0.1, 0.15) is 0 Å². The molecule has 3 aromatic carbocycles. The minimum absolute atomic E-state index is 0.214. The molecule has 4 nitrogen and oxygen atoms in total. The summed E-state index contributed by atoms with van der Waals surface area (Å²) in [7, 11) is 0. The first-order chi connectivity index (χ1) is 12.7. The van der Waals surface area contributed by atoms with E-state index in [1.807, 2.05) is 60.7 Å². The lowest BCUT2D eigenvalue weighted by molar-refractivity contribution is 0.470. The Bertz CT molecular complexity index is 996. The molecular formula is C21H14FN3O. The lowest BCUT2D eigenvalue weighted by Gasteiger charge is -2.09. The van der Waals surface area contributed by atoms with Crippen molar-refractivity contribution in [3.63, 3.8) is 0 Å². The van der Waals surface area contributed by atoms with Gasteiger partial charge in [0.15, 0.2) is 17.5 Å². The SMILES string of the molecule is Oc1cc(F)ccc1-c1nc(-c2ccccc2)nc(-c2ccccc2)n1. The highest BCUT2D eigenvalue weighted by Crippen LogP contribution is 2.30. The highest BCUT2D eigenvalue weighted by Gasteiger charge is 2.14. The minimum atomic E-state index is -0.521. The summed E-state index contributed by atoms with van der Waals surface area (Å²) < 4.78 is 13.3. The van der Waals surface area contributed by atoms with Gasteiger partial charge in [-0.05, 0) is 12.1 Å². The van der Waals surface area contributed by atoms with E-state index >= 15 is 0 Å². The molecule has 126 valence electrons. The van der Waals surface area contributed by atoms with E-state index in [-0.39, 0.29) is 11.6 Å². The summed E-state index contributed by atoms with van der Waals surface area (Å²) in [6.07, 6.45) is 0. The molecule has 0 saturated heterocycles. The Morgan fingerprint density at radius 3 is 1.62 bits per heavy atom. The maximum atomic E-state index is 13.3. The molecule has 0 unspecified atom stereocenters. The quantitative estimate of drug-likeness (QED) is 0.585. The molecule has 0 aliphatic rings. The molecule has 1 N–H and O–H groups in total. The number of phenols is 1. The average Bonchev–Trinajstić information content (AvgIpc) is 2.69. The maximum Gasteiger partial charge on any atom is 0.167 e. The zero-order valence-electron chi connectivity index (χ0n) is 13.7. The highest BCUT2D eigenvalue weighted by atomic mass is 19.1. The summed E-state index contributed by atoms with van der Waals surface area (Å²) in [6.45, 7) is 0. The smallest absolute Gasteiger partial charge is 0.167 e. The molecule has 4 aromatic rings. The molecule has 0 amide bonds. The molecule has 1 aromatic heterocycles. The van der Waals surface area contributed by atoms with Crippen molar-refractivity contribution < 1.29 is 9.50 Å². The fourth-order valence-electron chi connectivity index (χ4n) is 2.62. The first kappa shape index (κ1) is 15.9. The third-order valence-corrected chi connectivity index (χ3v) is 3.90. The molecule has 26 heavy (non-hydrogen) atoms. The zero-order valence-corrected chi connectivity index (χ0v) is 13.7. The predicted octanol–water partition coefficient (Wildman–Crippen LogP) is 4.72. The van der Waals surface area contributed by atoms with Crippen LogP contribution in [-0.4, -0.2) is 20.1 Å². The van der Waals surface area contributed by atoms with Crippen molar-refractivity contribution in [2.75, 3.05) is 0 Å². The van der Waals surface area contributed by atoms with Crippen molar-refractivity contribution in [3.05, 3.63) is 84.7 Å². The number of halogens is 1. The van der Waals surface area contributed by atoms with E-state index < -0.39 is 5.82 Å². The molecule has 0 bridgehead atoms. The summed E-state index contributed by atoms with van der Waals surface area (Å²) >= 11 is 0. The van der Waals surface area contributed by atoms with Gasteiger partial charge in [-0.1, -0.05) is 60.7 Å². The van der Waals surface area contributed by atoms with Gasteiger partial charge < -0.3 is 5.11 Å². The van der Waals surface area contributed by atoms with Crippen LogP contribution < -0.4 is 0 Å². The maximum absolute atomic E-state index is 13.3. The Balaban J connectivity index is 1.94. The van der Waals surface area contributed by atoms with Gasteiger partial charge in [-0.15, -0.1) is 0 Å². The van der Waals surface area contributed by atoms with Crippen molar-refractivity contribution >= 4 is 0 Å². The lowest BCUT2D eigenvalue weighted by atomic mass is 10.1. The summed E-state index contributed by atoms with van der Waals surface area (Å²) in [5.74, 6) is 0.521. The molecule has 0 spiro atoms. The molecule has 0 aliphatic carbocycles. The highest BCUT2D eigenvalue weighted by molar-refractivity contribution is 5.69. The number of benzene rings is 3. The van der Waals surface area contributed by atoms with Gasteiger partial charge in [-0.2, -0.15) is 0 Å². The number of hydrogen-bond acceptors (Lipinski definition) is 4. The number of phenolic OH excluding ortho intramolecular Hbond substituents is 1. The molecule has 0 fully saturated rings. The first-order valence-electron chi connectivity index (χ1n) is 8.06. The van der Waals surface area contributed by atoms with E-state index in [0.29, 0.717) is 17.2 Å². The van der Waals surface area contributed by atoms with E-state index in [2.05, 4.69) is 15.0 Å². The van der Waals surface area contributed by atoms with Gasteiger partial charge in [0.2, 0.25) is 0 Å². The first-order valence-corrected chi connectivity index (χ1v) is 8.06. The Morgan fingerprint density at radius 1 is 0.615 bits per heavy atom. The molecule has 4 rings (SSSR count). The Kier molecular flexibility index (Phi) is 4.11. The van der Waals surface area contributed by atoms with Gasteiger partial charge in [0, 0.05) is 17.2 Å². The zero-order chi connectivity index (χ0) is 17.9. The van der Waals surface area contributed by atoms with Crippen molar-refractivity contribution in [1.82, 2.24) is 15.0 Å². The van der Waals surface area contributed by atoms with Gasteiger partial charge in [-0.25, -0.2) is 19.3 Å². The van der Waals surface area contributed by atoms with E-state index in [0.717, 1.165) is 17.2 Å². The van der Waals surface area contributed by atoms with E-state index in [1.165, 1.54) is 12.1 Å². The summed E-state index contributed by atoms with van der Waals surface area (Å²) in [5, 5.41) is 10.1. The van der Waals surface area contributed by atoms with Crippen LogP contribution >= 0.6 is 0 Å². The number of aromatic nitrogens is 3. The Labute approximate surface area is 149 Å². The summed E-state index contributed by atoms with van der Waals surface area (Å²) in [4.78, 5) is 13.5. The number of rotatable bonds is 3. The van der Waals surface area contributed by atoms with Crippen LogP contribution in [0.15, 0.2) is 78.9 Å². The monoisotopic (exact) mass is 343 g/mol. The van der Waals surface area contributed by atoms with Gasteiger partial charge in [0.25, 0.3) is 0 Å². The molecule has 1 heterocycles. The third kappa shape index (κ3) is 3.15. The fourth-order valence-corrected chi connectivity index (χ4v) is 2.62. The van der Waals surface area contributed by atoms with Gasteiger partial charge >= 0.3 is 0 Å². The van der Waals surface area contributed by atoms with E-state index in [1.54, 1.807) is 0 Å². The second-order valence-corrected chi connectivity index (χ2v) is 5.70. The number of hydrogen-bond donors (Lipinski definition) is 1. The fraction of sp³-hybridized carbons (Fsp3) is 0. The van der Waals surface area contributed by atoms with Crippen LogP contribution in [-0.2, 0) is 0 Å². The van der Waals surface area contributed by atoms with Gasteiger partial charge in [-0.3, -0.25) is 0 Å². The van der Waals surface area contributed by atoms with Crippen LogP contribution in [0, 0.1) is 5.82 Å². The number of aromatic hydroxyl groups is 1. The van der Waals surface area contributed by atoms with Crippen LogP contribution in [0.4, 0.5) is 4.39 Å². The normalized spacial score (nSPS) is 10.7. The summed E-state index contributed by atoms with van der Waals surface area (Å²) in [5.41, 5.74) is 2.01. The van der Waals surface area contributed by atoms with Gasteiger partial charge in [0.05, 0.1) is 5.56 Å². The third-order valence-electron chi connectivity index (χ3n) is 3.90. The summed E-state index contributed by atoms with van der Waals surface area (Å²) in [6, 6.07) is 22.8. The number of nitrogens with zero attached hydrogens (tertiary/aromatic N) is 3. The molecule has 0 radical (unpaired) electrons. The van der Waals surface area contributed by atoms with Crippen LogP contribution in [0.25, 0.3) is 34.2 Å². The van der Waals surface area contributed by atoms with Crippen molar-refractivity contribution in [3.8, 4) is 39.9 Å². The second-order valence-electron chi connectivity index (χ2n) is 5.70. The standard InChI is InChI=1S/C21H14FN3O/c22-16-11-12-17(18(26)13-16)21-24-19(14-7-3-1-4-8-14)23-20(25-21)15-9-5-2-6-10-15/h1-13,26H.